The fourth-order valence-corrected chi connectivity index (χ4v) is 3.67. The van der Waals surface area contributed by atoms with Crippen molar-refractivity contribution in [2.75, 3.05) is 13.7 Å². The summed E-state index contributed by atoms with van der Waals surface area (Å²) in [6, 6.07) is 11.5. The summed E-state index contributed by atoms with van der Waals surface area (Å²) in [7, 11) is 1.48. The molecule has 1 saturated carbocycles. The summed E-state index contributed by atoms with van der Waals surface area (Å²) >= 11 is 0. The van der Waals surface area contributed by atoms with Gasteiger partial charge < -0.3 is 19.9 Å². The Balaban J connectivity index is 1.71. The number of carbonyl (C=O) groups is 2. The van der Waals surface area contributed by atoms with Crippen LogP contribution in [0.15, 0.2) is 42.6 Å². The summed E-state index contributed by atoms with van der Waals surface area (Å²) in [4.78, 5) is 28.9. The molecule has 1 aromatic heterocycles. The monoisotopic (exact) mass is 412 g/mol. The van der Waals surface area contributed by atoms with Crippen LogP contribution in [0, 0.1) is 5.92 Å². The molecule has 7 heteroatoms. The van der Waals surface area contributed by atoms with E-state index in [4.69, 9.17) is 9.47 Å². The van der Waals surface area contributed by atoms with E-state index in [1.165, 1.54) is 13.3 Å². The summed E-state index contributed by atoms with van der Waals surface area (Å²) in [5, 5.41) is 12.5. The lowest BCUT2D eigenvalue weighted by molar-refractivity contribution is -0.146. The maximum atomic E-state index is 12.8. The Bertz CT molecular complexity index is 876. The summed E-state index contributed by atoms with van der Waals surface area (Å²) in [5.41, 5.74) is 0.135. The SMILES string of the molecule is COc1ncc(C(=O)NC2(C(=O)O)CCC(C)CC2)cc1OCCc1ccccc1. The van der Waals surface area contributed by atoms with Gasteiger partial charge in [0.15, 0.2) is 5.75 Å². The largest absolute Gasteiger partial charge is 0.488 e. The molecule has 1 heterocycles. The molecule has 1 fully saturated rings. The predicted octanol–water partition coefficient (Wildman–Crippen LogP) is 3.48. The number of ether oxygens (including phenoxy) is 2. The van der Waals surface area contributed by atoms with E-state index >= 15 is 0 Å². The molecule has 0 atom stereocenters. The molecule has 1 aliphatic carbocycles. The van der Waals surface area contributed by atoms with Crippen molar-refractivity contribution in [2.45, 2.75) is 44.6 Å². The predicted molar refractivity (Wildman–Crippen MR) is 112 cm³/mol. The number of benzene rings is 1. The summed E-state index contributed by atoms with van der Waals surface area (Å²) in [6.07, 6.45) is 4.43. The number of nitrogens with one attached hydrogen (secondary N) is 1. The lowest BCUT2D eigenvalue weighted by atomic mass is 9.77. The number of pyridine rings is 1. The molecular formula is C23H28N2O5. The van der Waals surface area contributed by atoms with Crippen LogP contribution in [0.5, 0.6) is 11.6 Å². The van der Waals surface area contributed by atoms with Crippen molar-refractivity contribution in [2.24, 2.45) is 5.92 Å². The van der Waals surface area contributed by atoms with Crippen LogP contribution in [0.25, 0.3) is 0 Å². The second kappa shape index (κ2) is 9.61. The molecule has 7 nitrogen and oxygen atoms in total. The molecule has 0 saturated heterocycles. The van der Waals surface area contributed by atoms with E-state index in [1.54, 1.807) is 6.07 Å². The number of carbonyl (C=O) groups excluding carboxylic acids is 1. The van der Waals surface area contributed by atoms with Gasteiger partial charge in [-0.15, -0.1) is 0 Å². The molecule has 2 N–H and O–H groups in total. The van der Waals surface area contributed by atoms with Crippen LogP contribution in [0.1, 0.15) is 48.5 Å². The molecule has 1 aromatic carbocycles. The van der Waals surface area contributed by atoms with Crippen molar-refractivity contribution in [3.05, 3.63) is 53.7 Å². The lowest BCUT2D eigenvalue weighted by Gasteiger charge is -2.36. The van der Waals surface area contributed by atoms with Gasteiger partial charge in [-0.25, -0.2) is 9.78 Å². The highest BCUT2D eigenvalue weighted by atomic mass is 16.5. The Morgan fingerprint density at radius 1 is 1.23 bits per heavy atom. The average molecular weight is 412 g/mol. The summed E-state index contributed by atoms with van der Waals surface area (Å²) in [5.74, 6) is -0.387. The van der Waals surface area contributed by atoms with E-state index in [1.807, 2.05) is 30.3 Å². The van der Waals surface area contributed by atoms with Crippen LogP contribution < -0.4 is 14.8 Å². The Hall–Kier alpha value is -3.09. The fourth-order valence-electron chi connectivity index (χ4n) is 3.67. The van der Waals surface area contributed by atoms with E-state index in [9.17, 15) is 14.7 Å². The maximum Gasteiger partial charge on any atom is 0.329 e. The highest BCUT2D eigenvalue weighted by Gasteiger charge is 2.42. The molecule has 160 valence electrons. The zero-order chi connectivity index (χ0) is 21.6. The first-order valence-corrected chi connectivity index (χ1v) is 10.2. The minimum absolute atomic E-state index is 0.241. The molecule has 0 unspecified atom stereocenters. The van der Waals surface area contributed by atoms with E-state index in [-0.39, 0.29) is 11.4 Å². The molecule has 30 heavy (non-hydrogen) atoms. The standard InChI is InChI=1S/C23H28N2O5/c1-16-8-11-23(12-9-16,22(27)28)25-20(26)18-14-19(21(29-2)24-15-18)30-13-10-17-6-4-3-5-7-17/h3-7,14-16H,8-13H2,1-2H3,(H,25,26)(H,27,28). The van der Waals surface area contributed by atoms with Gasteiger partial charge in [-0.1, -0.05) is 37.3 Å². The molecule has 2 aromatic rings. The first-order chi connectivity index (χ1) is 14.4. The van der Waals surface area contributed by atoms with Crippen molar-refractivity contribution in [1.82, 2.24) is 10.3 Å². The van der Waals surface area contributed by atoms with E-state index in [0.29, 0.717) is 37.5 Å². The second-order valence-corrected chi connectivity index (χ2v) is 7.84. The van der Waals surface area contributed by atoms with Crippen LogP contribution in [0.3, 0.4) is 0 Å². The lowest BCUT2D eigenvalue weighted by Crippen LogP contribution is -2.56. The van der Waals surface area contributed by atoms with Gasteiger partial charge in [0.05, 0.1) is 19.3 Å². The van der Waals surface area contributed by atoms with Crippen LogP contribution in [0.2, 0.25) is 0 Å². The Morgan fingerprint density at radius 2 is 1.93 bits per heavy atom. The van der Waals surface area contributed by atoms with Gasteiger partial charge in [-0.2, -0.15) is 0 Å². The van der Waals surface area contributed by atoms with Crippen LogP contribution >= 0.6 is 0 Å². The van der Waals surface area contributed by atoms with Gasteiger partial charge in [0, 0.05) is 18.7 Å². The topological polar surface area (TPSA) is 97.8 Å². The number of aromatic nitrogens is 1. The van der Waals surface area contributed by atoms with E-state index in [2.05, 4.69) is 17.2 Å². The van der Waals surface area contributed by atoms with E-state index < -0.39 is 17.4 Å². The van der Waals surface area contributed by atoms with E-state index in [0.717, 1.165) is 18.4 Å². The average Bonchev–Trinajstić information content (AvgIpc) is 2.76. The maximum absolute atomic E-state index is 12.8. The van der Waals surface area contributed by atoms with Crippen molar-refractivity contribution >= 4 is 11.9 Å². The van der Waals surface area contributed by atoms with Crippen molar-refractivity contribution in [3.8, 4) is 11.6 Å². The zero-order valence-electron chi connectivity index (χ0n) is 17.4. The number of methoxy groups -OCH3 is 1. The van der Waals surface area contributed by atoms with Gasteiger partial charge in [-0.05, 0) is 37.2 Å². The number of hydrogen-bond donors (Lipinski definition) is 2. The van der Waals surface area contributed by atoms with Gasteiger partial charge >= 0.3 is 5.97 Å². The van der Waals surface area contributed by atoms with Gasteiger partial charge in [-0.3, -0.25) is 4.79 Å². The van der Waals surface area contributed by atoms with Crippen molar-refractivity contribution in [1.29, 1.82) is 0 Å². The third kappa shape index (κ3) is 5.09. The number of hydrogen-bond acceptors (Lipinski definition) is 5. The quantitative estimate of drug-likeness (QED) is 0.689. The Morgan fingerprint density at radius 3 is 2.57 bits per heavy atom. The van der Waals surface area contributed by atoms with Gasteiger partial charge in [0.25, 0.3) is 11.8 Å². The zero-order valence-corrected chi connectivity index (χ0v) is 17.4. The second-order valence-electron chi connectivity index (χ2n) is 7.84. The van der Waals surface area contributed by atoms with Crippen LogP contribution in [0.4, 0.5) is 0 Å². The van der Waals surface area contributed by atoms with Crippen LogP contribution in [-0.2, 0) is 11.2 Å². The first kappa shape index (κ1) is 21.6. The third-order valence-electron chi connectivity index (χ3n) is 5.65. The number of aliphatic carboxylic acids is 1. The minimum atomic E-state index is -1.24. The number of amides is 1. The number of nitrogens with zero attached hydrogens (tertiary/aromatic N) is 1. The fraction of sp³-hybridized carbons (Fsp3) is 0.435. The summed E-state index contributed by atoms with van der Waals surface area (Å²) < 4.78 is 11.1. The molecule has 0 aliphatic heterocycles. The molecule has 1 aliphatic rings. The van der Waals surface area contributed by atoms with Crippen molar-refractivity contribution in [3.63, 3.8) is 0 Å². The Labute approximate surface area is 176 Å². The minimum Gasteiger partial charge on any atom is -0.488 e. The molecule has 0 bridgehead atoms. The molecule has 0 spiro atoms. The molecule has 1 amide bonds. The molecule has 0 radical (unpaired) electrons. The smallest absolute Gasteiger partial charge is 0.329 e. The first-order valence-electron chi connectivity index (χ1n) is 10.2. The summed E-state index contributed by atoms with van der Waals surface area (Å²) in [6.45, 7) is 2.49. The Kier molecular flexibility index (Phi) is 6.92. The third-order valence-corrected chi connectivity index (χ3v) is 5.65. The molecular weight excluding hydrogens is 384 g/mol. The molecule has 3 rings (SSSR count). The number of carboxylic acids is 1. The van der Waals surface area contributed by atoms with Crippen molar-refractivity contribution < 1.29 is 24.2 Å². The number of rotatable bonds is 8. The highest BCUT2D eigenvalue weighted by Crippen LogP contribution is 2.33. The number of carboxylic acid groups (broad SMARTS) is 1. The van der Waals surface area contributed by atoms with Gasteiger partial charge in [0.1, 0.15) is 5.54 Å². The van der Waals surface area contributed by atoms with Crippen LogP contribution in [-0.4, -0.2) is 41.2 Å². The normalized spacial score (nSPS) is 20.9. The highest BCUT2D eigenvalue weighted by molar-refractivity contribution is 5.98. The van der Waals surface area contributed by atoms with Gasteiger partial charge in [0.2, 0.25) is 0 Å².